The molecule has 1 aromatic rings. The van der Waals surface area contributed by atoms with Gasteiger partial charge in [0.2, 0.25) is 0 Å². The van der Waals surface area contributed by atoms with Gasteiger partial charge in [0.15, 0.2) is 0 Å². The Bertz CT molecular complexity index is 397. The van der Waals surface area contributed by atoms with Gasteiger partial charge >= 0.3 is 0 Å². The van der Waals surface area contributed by atoms with Gasteiger partial charge in [0.1, 0.15) is 5.15 Å². The highest BCUT2D eigenvalue weighted by atomic mass is 35.5. The predicted octanol–water partition coefficient (Wildman–Crippen LogP) is 1.30. The van der Waals surface area contributed by atoms with Crippen molar-refractivity contribution >= 4 is 17.5 Å². The van der Waals surface area contributed by atoms with Crippen LogP contribution in [0.5, 0.6) is 0 Å². The Hall–Kier alpha value is -1.13. The van der Waals surface area contributed by atoms with Gasteiger partial charge in [-0.1, -0.05) is 11.6 Å². The van der Waals surface area contributed by atoms with E-state index < -0.39 is 0 Å². The third-order valence-corrected chi connectivity index (χ3v) is 3.04. The molecule has 1 atom stereocenters. The predicted molar refractivity (Wildman–Crippen MR) is 62.4 cm³/mol. The van der Waals surface area contributed by atoms with Crippen LogP contribution in [0.3, 0.4) is 0 Å². The number of hydrogen-bond donors (Lipinski definition) is 1. The molecule has 2 rings (SSSR count). The summed E-state index contributed by atoms with van der Waals surface area (Å²) in [5.74, 6) is -0.0757. The summed E-state index contributed by atoms with van der Waals surface area (Å²) in [6, 6.07) is 3.48. The Labute approximate surface area is 99.4 Å². The molecule has 86 valence electrons. The molecule has 0 aliphatic carbocycles. The third-order valence-electron chi connectivity index (χ3n) is 2.73. The van der Waals surface area contributed by atoms with E-state index in [1.54, 1.807) is 23.2 Å². The van der Waals surface area contributed by atoms with Crippen molar-refractivity contribution in [3.63, 3.8) is 0 Å². The summed E-state index contributed by atoms with van der Waals surface area (Å²) in [5.41, 5.74) is 6.29. The van der Waals surface area contributed by atoms with Crippen LogP contribution in [0.1, 0.15) is 23.2 Å². The lowest BCUT2D eigenvalue weighted by molar-refractivity contribution is 0.0708. The second-order valence-electron chi connectivity index (χ2n) is 4.00. The first-order chi connectivity index (χ1) is 7.68. The molecule has 16 heavy (non-hydrogen) atoms. The minimum absolute atomic E-state index is 0.0757. The van der Waals surface area contributed by atoms with Crippen molar-refractivity contribution in [1.82, 2.24) is 9.88 Å². The van der Waals surface area contributed by atoms with E-state index in [0.717, 1.165) is 19.4 Å². The minimum atomic E-state index is -0.0757. The van der Waals surface area contributed by atoms with Crippen molar-refractivity contribution in [2.24, 2.45) is 5.73 Å². The van der Waals surface area contributed by atoms with Crippen LogP contribution in [0.25, 0.3) is 0 Å². The summed E-state index contributed by atoms with van der Waals surface area (Å²) in [6.45, 7) is 1.35. The lowest BCUT2D eigenvalue weighted by atomic mass is 10.1. The van der Waals surface area contributed by atoms with Crippen molar-refractivity contribution in [2.75, 3.05) is 13.1 Å². The number of hydrogen-bond acceptors (Lipinski definition) is 3. The Morgan fingerprint density at radius 3 is 3.12 bits per heavy atom. The van der Waals surface area contributed by atoms with Gasteiger partial charge in [0, 0.05) is 25.3 Å². The molecule has 1 aliphatic rings. The highest BCUT2D eigenvalue weighted by Gasteiger charge is 2.23. The third kappa shape index (κ3) is 2.33. The molecule has 0 saturated carbocycles. The number of nitrogens with zero attached hydrogens (tertiary/aromatic N) is 2. The van der Waals surface area contributed by atoms with Gasteiger partial charge in [0.25, 0.3) is 5.91 Å². The Morgan fingerprint density at radius 1 is 1.62 bits per heavy atom. The molecule has 0 unspecified atom stereocenters. The zero-order chi connectivity index (χ0) is 11.5. The Balaban J connectivity index is 2.16. The number of pyridine rings is 1. The van der Waals surface area contributed by atoms with Gasteiger partial charge in [-0.3, -0.25) is 4.79 Å². The van der Waals surface area contributed by atoms with Gasteiger partial charge < -0.3 is 10.6 Å². The molecular weight excluding hydrogens is 226 g/mol. The topological polar surface area (TPSA) is 59.2 Å². The summed E-state index contributed by atoms with van der Waals surface area (Å²) in [4.78, 5) is 17.8. The fraction of sp³-hybridized carbons (Fsp3) is 0.455. The molecule has 0 radical (unpaired) electrons. The summed E-state index contributed by atoms with van der Waals surface area (Å²) >= 11 is 5.88. The summed E-state index contributed by atoms with van der Waals surface area (Å²) < 4.78 is 0. The average Bonchev–Trinajstić information content (AvgIpc) is 2.29. The molecule has 2 N–H and O–H groups in total. The molecule has 0 aromatic carbocycles. The summed E-state index contributed by atoms with van der Waals surface area (Å²) in [6.07, 6.45) is 3.50. The molecular formula is C11H14ClN3O. The number of carbonyl (C=O) groups excluding carboxylic acids is 1. The average molecular weight is 240 g/mol. The maximum Gasteiger partial charge on any atom is 0.257 e. The normalized spacial score (nSPS) is 20.9. The van der Waals surface area contributed by atoms with Crippen molar-refractivity contribution in [1.29, 1.82) is 0 Å². The van der Waals surface area contributed by atoms with Gasteiger partial charge in [-0.15, -0.1) is 0 Å². The second-order valence-corrected chi connectivity index (χ2v) is 4.35. The molecule has 1 amide bonds. The quantitative estimate of drug-likeness (QED) is 0.752. The lowest BCUT2D eigenvalue weighted by Gasteiger charge is -2.30. The standard InChI is InChI=1S/C11H14ClN3O/c12-10-9(4-1-5-14-10)11(16)15-6-2-3-8(13)7-15/h1,4-5,8H,2-3,6-7,13H2/t8-/m0/s1. The van der Waals surface area contributed by atoms with Gasteiger partial charge in [-0.05, 0) is 25.0 Å². The first-order valence-corrected chi connectivity index (χ1v) is 5.71. The molecule has 1 saturated heterocycles. The van der Waals surface area contributed by atoms with E-state index >= 15 is 0 Å². The number of nitrogens with two attached hydrogens (primary N) is 1. The maximum absolute atomic E-state index is 12.1. The number of likely N-dealkylation sites (tertiary alicyclic amines) is 1. The maximum atomic E-state index is 12.1. The number of amides is 1. The Morgan fingerprint density at radius 2 is 2.44 bits per heavy atom. The van der Waals surface area contributed by atoms with E-state index in [1.807, 2.05) is 0 Å². The largest absolute Gasteiger partial charge is 0.337 e. The van der Waals surface area contributed by atoms with E-state index in [0.29, 0.717) is 12.1 Å². The van der Waals surface area contributed by atoms with Crippen LogP contribution in [0, 0.1) is 0 Å². The number of rotatable bonds is 1. The van der Waals surface area contributed by atoms with Crippen molar-refractivity contribution in [2.45, 2.75) is 18.9 Å². The van der Waals surface area contributed by atoms with Crippen LogP contribution in [0.4, 0.5) is 0 Å². The van der Waals surface area contributed by atoms with Crippen LogP contribution < -0.4 is 5.73 Å². The highest BCUT2D eigenvalue weighted by Crippen LogP contribution is 2.17. The van der Waals surface area contributed by atoms with Crippen LogP contribution in [-0.2, 0) is 0 Å². The van der Waals surface area contributed by atoms with Gasteiger partial charge in [-0.25, -0.2) is 4.98 Å². The van der Waals surface area contributed by atoms with Crippen molar-refractivity contribution in [3.05, 3.63) is 29.0 Å². The molecule has 1 aliphatic heterocycles. The fourth-order valence-corrected chi connectivity index (χ4v) is 2.11. The molecule has 1 fully saturated rings. The van der Waals surface area contributed by atoms with Gasteiger partial charge in [0.05, 0.1) is 5.56 Å². The SMILES string of the molecule is N[C@H]1CCCN(C(=O)c2cccnc2Cl)C1. The van der Waals surface area contributed by atoms with Crippen LogP contribution >= 0.6 is 11.6 Å². The smallest absolute Gasteiger partial charge is 0.257 e. The Kier molecular flexibility index (Phi) is 3.41. The van der Waals surface area contributed by atoms with Crippen LogP contribution in [-0.4, -0.2) is 34.9 Å². The minimum Gasteiger partial charge on any atom is -0.337 e. The molecule has 4 nitrogen and oxygen atoms in total. The first kappa shape index (κ1) is 11.4. The first-order valence-electron chi connectivity index (χ1n) is 5.34. The monoisotopic (exact) mass is 239 g/mol. The van der Waals surface area contributed by atoms with E-state index in [9.17, 15) is 4.79 Å². The summed E-state index contributed by atoms with van der Waals surface area (Å²) in [7, 11) is 0. The molecule has 5 heteroatoms. The van der Waals surface area contributed by atoms with E-state index in [-0.39, 0.29) is 17.1 Å². The summed E-state index contributed by atoms with van der Waals surface area (Å²) in [5, 5.41) is 0.256. The number of carbonyl (C=O) groups is 1. The molecule has 0 spiro atoms. The van der Waals surface area contributed by atoms with Crippen LogP contribution in [0.2, 0.25) is 5.15 Å². The molecule has 0 bridgehead atoms. The lowest BCUT2D eigenvalue weighted by Crippen LogP contribution is -2.45. The number of aromatic nitrogens is 1. The van der Waals surface area contributed by atoms with E-state index in [1.165, 1.54) is 0 Å². The van der Waals surface area contributed by atoms with Gasteiger partial charge in [-0.2, -0.15) is 0 Å². The molecule has 2 heterocycles. The number of piperidine rings is 1. The zero-order valence-corrected chi connectivity index (χ0v) is 9.65. The molecule has 1 aromatic heterocycles. The van der Waals surface area contributed by atoms with E-state index in [2.05, 4.69) is 4.98 Å². The van der Waals surface area contributed by atoms with Crippen LogP contribution in [0.15, 0.2) is 18.3 Å². The highest BCUT2D eigenvalue weighted by molar-refractivity contribution is 6.32. The number of halogens is 1. The zero-order valence-electron chi connectivity index (χ0n) is 8.90. The second kappa shape index (κ2) is 4.80. The van der Waals surface area contributed by atoms with E-state index in [4.69, 9.17) is 17.3 Å². The fourth-order valence-electron chi connectivity index (χ4n) is 1.91. The van der Waals surface area contributed by atoms with Crippen molar-refractivity contribution in [3.8, 4) is 0 Å². The van der Waals surface area contributed by atoms with Crippen molar-refractivity contribution < 1.29 is 4.79 Å².